The molecule has 0 aliphatic heterocycles. The van der Waals surface area contributed by atoms with Gasteiger partial charge in [-0.3, -0.25) is 4.79 Å². The fraction of sp³-hybridized carbons (Fsp3) is 0.0769. The Labute approximate surface area is 104 Å². The Hall–Kier alpha value is -2.74. The first-order valence-corrected chi connectivity index (χ1v) is 5.27. The van der Waals surface area contributed by atoms with E-state index < -0.39 is 5.91 Å². The lowest BCUT2D eigenvalue weighted by atomic mass is 10.1. The van der Waals surface area contributed by atoms with Crippen LogP contribution in [0.2, 0.25) is 0 Å². The molecule has 5 heteroatoms. The topological polar surface area (TPSA) is 92.0 Å². The molecule has 2 aromatic rings. The number of anilines is 2. The number of nitriles is 1. The average Bonchev–Trinajstić information content (AvgIpc) is 2.78. The third-order valence-electron chi connectivity index (χ3n) is 2.38. The summed E-state index contributed by atoms with van der Waals surface area (Å²) in [6.07, 6.45) is 0. The smallest absolute Gasteiger partial charge is 0.291 e. The van der Waals surface area contributed by atoms with Gasteiger partial charge in [-0.1, -0.05) is 0 Å². The summed E-state index contributed by atoms with van der Waals surface area (Å²) in [5.41, 5.74) is 6.76. The minimum absolute atomic E-state index is 0.202. The number of nitrogen functional groups attached to an aromatic ring is 1. The largest absolute Gasteiger partial charge is 0.456 e. The Morgan fingerprint density at radius 3 is 2.78 bits per heavy atom. The van der Waals surface area contributed by atoms with E-state index in [9.17, 15) is 4.79 Å². The fourth-order valence-electron chi connectivity index (χ4n) is 1.50. The highest BCUT2D eigenvalue weighted by Crippen LogP contribution is 2.19. The van der Waals surface area contributed by atoms with Crippen LogP contribution in [0.15, 0.2) is 34.7 Å². The van der Waals surface area contributed by atoms with Crippen molar-refractivity contribution in [1.29, 1.82) is 5.26 Å². The van der Waals surface area contributed by atoms with Crippen LogP contribution in [0.5, 0.6) is 0 Å². The molecule has 0 fully saturated rings. The van der Waals surface area contributed by atoms with E-state index in [-0.39, 0.29) is 5.76 Å². The van der Waals surface area contributed by atoms with Crippen molar-refractivity contribution in [3.05, 3.63) is 47.4 Å². The van der Waals surface area contributed by atoms with Gasteiger partial charge in [0.05, 0.1) is 11.3 Å². The summed E-state index contributed by atoms with van der Waals surface area (Å²) in [6.45, 7) is 1.75. The maximum Gasteiger partial charge on any atom is 0.291 e. The molecule has 1 aromatic heterocycles. The van der Waals surface area contributed by atoms with Gasteiger partial charge in [-0.15, -0.1) is 0 Å². The number of aryl methyl sites for hydroxylation is 1. The number of benzene rings is 1. The molecule has 18 heavy (non-hydrogen) atoms. The van der Waals surface area contributed by atoms with E-state index in [0.29, 0.717) is 22.7 Å². The van der Waals surface area contributed by atoms with Gasteiger partial charge in [0.25, 0.3) is 5.91 Å². The van der Waals surface area contributed by atoms with Gasteiger partial charge in [0, 0.05) is 5.69 Å². The first-order valence-electron chi connectivity index (χ1n) is 5.27. The molecule has 1 amide bonds. The molecule has 0 bridgehead atoms. The predicted molar refractivity (Wildman–Crippen MR) is 67.0 cm³/mol. The highest BCUT2D eigenvalue weighted by Gasteiger charge is 2.12. The van der Waals surface area contributed by atoms with E-state index in [2.05, 4.69) is 5.32 Å². The lowest BCUT2D eigenvalue weighted by Crippen LogP contribution is -2.12. The summed E-state index contributed by atoms with van der Waals surface area (Å²) in [5, 5.41) is 11.6. The number of amides is 1. The number of furan rings is 1. The van der Waals surface area contributed by atoms with Crippen LogP contribution in [0.25, 0.3) is 0 Å². The van der Waals surface area contributed by atoms with Gasteiger partial charge in [-0.05, 0) is 37.3 Å². The molecule has 3 N–H and O–H groups in total. The molecule has 0 spiro atoms. The standard InChI is InChI=1S/C13H11N3O2/c1-8-2-5-12(18-8)13(17)16-11-4-3-10(15)6-9(11)7-14/h2-6H,15H2,1H3,(H,16,17). The monoisotopic (exact) mass is 241 g/mol. The second-order valence-electron chi connectivity index (χ2n) is 3.78. The number of carbonyl (C=O) groups is 1. The second kappa shape index (κ2) is 4.63. The molecule has 0 saturated carbocycles. The SMILES string of the molecule is Cc1ccc(C(=O)Nc2ccc(N)cc2C#N)o1. The zero-order valence-electron chi connectivity index (χ0n) is 9.73. The maximum absolute atomic E-state index is 11.8. The van der Waals surface area contributed by atoms with Crippen LogP contribution in [0.3, 0.4) is 0 Å². The molecule has 0 aliphatic carbocycles. The van der Waals surface area contributed by atoms with E-state index in [1.54, 1.807) is 31.2 Å². The van der Waals surface area contributed by atoms with Crippen LogP contribution < -0.4 is 11.1 Å². The maximum atomic E-state index is 11.8. The van der Waals surface area contributed by atoms with E-state index in [1.165, 1.54) is 6.07 Å². The predicted octanol–water partition coefficient (Wildman–Crippen LogP) is 2.29. The van der Waals surface area contributed by atoms with Gasteiger partial charge in [0.1, 0.15) is 11.8 Å². The number of carbonyl (C=O) groups excluding carboxylic acids is 1. The minimum atomic E-state index is -0.399. The quantitative estimate of drug-likeness (QED) is 0.789. The van der Waals surface area contributed by atoms with Gasteiger partial charge in [0.2, 0.25) is 0 Å². The summed E-state index contributed by atoms with van der Waals surface area (Å²) in [6, 6.07) is 9.95. The van der Waals surface area contributed by atoms with E-state index in [0.717, 1.165) is 0 Å². The molecule has 0 unspecified atom stereocenters. The molecular weight excluding hydrogens is 230 g/mol. The van der Waals surface area contributed by atoms with Crippen molar-refractivity contribution in [2.24, 2.45) is 0 Å². The molecule has 2 rings (SSSR count). The molecular formula is C13H11N3O2. The number of hydrogen-bond donors (Lipinski definition) is 2. The van der Waals surface area contributed by atoms with Gasteiger partial charge in [0.15, 0.2) is 5.76 Å². The zero-order chi connectivity index (χ0) is 13.1. The van der Waals surface area contributed by atoms with E-state index in [4.69, 9.17) is 15.4 Å². The lowest BCUT2D eigenvalue weighted by Gasteiger charge is -2.05. The summed E-state index contributed by atoms with van der Waals surface area (Å²) in [4.78, 5) is 11.8. The Balaban J connectivity index is 2.25. The Morgan fingerprint density at radius 2 is 2.17 bits per heavy atom. The lowest BCUT2D eigenvalue weighted by molar-refractivity contribution is 0.0995. The molecule has 0 atom stereocenters. The fourth-order valence-corrected chi connectivity index (χ4v) is 1.50. The van der Waals surface area contributed by atoms with Gasteiger partial charge in [-0.2, -0.15) is 5.26 Å². The van der Waals surface area contributed by atoms with Crippen molar-refractivity contribution in [3.63, 3.8) is 0 Å². The second-order valence-corrected chi connectivity index (χ2v) is 3.78. The third-order valence-corrected chi connectivity index (χ3v) is 2.38. The highest BCUT2D eigenvalue weighted by molar-refractivity contribution is 6.03. The first-order chi connectivity index (χ1) is 8.60. The molecule has 1 aromatic carbocycles. The number of nitrogens with zero attached hydrogens (tertiary/aromatic N) is 1. The van der Waals surface area contributed by atoms with E-state index >= 15 is 0 Å². The van der Waals surface area contributed by atoms with Crippen LogP contribution in [-0.2, 0) is 0 Å². The van der Waals surface area contributed by atoms with Crippen molar-refractivity contribution in [2.75, 3.05) is 11.1 Å². The first kappa shape index (κ1) is 11.7. The minimum Gasteiger partial charge on any atom is -0.456 e. The summed E-state index contributed by atoms with van der Waals surface area (Å²) >= 11 is 0. The van der Waals surface area contributed by atoms with Crippen molar-refractivity contribution in [2.45, 2.75) is 6.92 Å². The van der Waals surface area contributed by atoms with Crippen molar-refractivity contribution >= 4 is 17.3 Å². The third kappa shape index (κ3) is 2.33. The molecule has 0 radical (unpaired) electrons. The van der Waals surface area contributed by atoms with Gasteiger partial charge in [-0.25, -0.2) is 0 Å². The van der Waals surface area contributed by atoms with Gasteiger partial charge < -0.3 is 15.5 Å². The van der Waals surface area contributed by atoms with E-state index in [1.807, 2.05) is 6.07 Å². The zero-order valence-corrected chi connectivity index (χ0v) is 9.73. The van der Waals surface area contributed by atoms with Crippen molar-refractivity contribution < 1.29 is 9.21 Å². The summed E-state index contributed by atoms with van der Waals surface area (Å²) in [5.74, 6) is 0.454. The molecule has 90 valence electrons. The molecule has 0 saturated heterocycles. The van der Waals surface area contributed by atoms with Crippen LogP contribution >= 0.6 is 0 Å². The summed E-state index contributed by atoms with van der Waals surface area (Å²) < 4.78 is 5.20. The van der Waals surface area contributed by atoms with Crippen LogP contribution in [-0.4, -0.2) is 5.91 Å². The van der Waals surface area contributed by atoms with Crippen molar-refractivity contribution in [1.82, 2.24) is 0 Å². The van der Waals surface area contributed by atoms with Crippen LogP contribution in [0.1, 0.15) is 21.9 Å². The normalized spacial score (nSPS) is 9.78. The number of nitrogens with two attached hydrogens (primary N) is 1. The number of hydrogen-bond acceptors (Lipinski definition) is 4. The molecule has 5 nitrogen and oxygen atoms in total. The molecule has 1 heterocycles. The number of nitrogens with one attached hydrogen (secondary N) is 1. The van der Waals surface area contributed by atoms with Crippen LogP contribution in [0, 0.1) is 18.3 Å². The Kier molecular flexibility index (Phi) is 3.02. The van der Waals surface area contributed by atoms with Crippen LogP contribution in [0.4, 0.5) is 11.4 Å². The van der Waals surface area contributed by atoms with Gasteiger partial charge >= 0.3 is 0 Å². The Bertz CT molecular complexity index is 638. The highest BCUT2D eigenvalue weighted by atomic mass is 16.3. The average molecular weight is 241 g/mol. The number of rotatable bonds is 2. The Morgan fingerprint density at radius 1 is 1.39 bits per heavy atom. The summed E-state index contributed by atoms with van der Waals surface area (Å²) in [7, 11) is 0. The molecule has 0 aliphatic rings. The van der Waals surface area contributed by atoms with Crippen molar-refractivity contribution in [3.8, 4) is 6.07 Å².